The predicted molar refractivity (Wildman–Crippen MR) is 84.6 cm³/mol. The van der Waals surface area contributed by atoms with Gasteiger partial charge in [0, 0.05) is 13.1 Å². The summed E-state index contributed by atoms with van der Waals surface area (Å²) in [6.07, 6.45) is 3.40. The van der Waals surface area contributed by atoms with Crippen molar-refractivity contribution in [1.29, 1.82) is 0 Å². The van der Waals surface area contributed by atoms with Crippen LogP contribution in [-0.4, -0.2) is 39.9 Å². The largest absolute Gasteiger partial charge is 0.392 e. The van der Waals surface area contributed by atoms with Crippen LogP contribution in [0.3, 0.4) is 0 Å². The molecule has 0 saturated carbocycles. The fourth-order valence-corrected chi connectivity index (χ4v) is 3.67. The van der Waals surface area contributed by atoms with E-state index in [1.807, 2.05) is 6.26 Å². The zero-order chi connectivity index (χ0) is 14.8. The highest BCUT2D eigenvalue weighted by atomic mass is 32.2. The topological polar surface area (TPSA) is 46.3 Å². The highest BCUT2D eigenvalue weighted by Crippen LogP contribution is 2.35. The van der Waals surface area contributed by atoms with Crippen LogP contribution in [0.5, 0.6) is 0 Å². The van der Waals surface area contributed by atoms with Crippen molar-refractivity contribution in [2.24, 2.45) is 5.73 Å². The molecule has 2 rings (SSSR count). The monoisotopic (exact) mass is 312 g/mol. The number of nitrogens with two attached hydrogens (primary N) is 1. The number of carbonyl (C=O) groups is 1. The fourth-order valence-electron chi connectivity index (χ4n) is 2.43. The van der Waals surface area contributed by atoms with Gasteiger partial charge in [-0.25, -0.2) is 4.39 Å². The molecule has 1 aromatic rings. The lowest BCUT2D eigenvalue weighted by Gasteiger charge is -2.40. The summed E-state index contributed by atoms with van der Waals surface area (Å²) in [6, 6.07) is 6.06. The Kier molecular flexibility index (Phi) is 4.65. The summed E-state index contributed by atoms with van der Waals surface area (Å²) >= 11 is 6.77. The van der Waals surface area contributed by atoms with Crippen LogP contribution in [0.1, 0.15) is 23.2 Å². The molecule has 1 aliphatic heterocycles. The number of hydrogen-bond donors (Lipinski definition) is 1. The van der Waals surface area contributed by atoms with E-state index in [4.69, 9.17) is 18.0 Å². The van der Waals surface area contributed by atoms with Crippen LogP contribution in [0.25, 0.3) is 0 Å². The molecular weight excluding hydrogens is 295 g/mol. The molecule has 0 aromatic heterocycles. The second-order valence-corrected chi connectivity index (χ2v) is 6.46. The van der Waals surface area contributed by atoms with Crippen molar-refractivity contribution in [3.63, 3.8) is 0 Å². The number of rotatable bonds is 3. The molecule has 0 bridgehead atoms. The molecule has 6 heteroatoms. The van der Waals surface area contributed by atoms with E-state index in [9.17, 15) is 9.18 Å². The van der Waals surface area contributed by atoms with Crippen LogP contribution in [0.15, 0.2) is 24.3 Å². The summed E-state index contributed by atoms with van der Waals surface area (Å²) in [5.41, 5.74) is 5.94. The maximum absolute atomic E-state index is 13.6. The first kappa shape index (κ1) is 15.3. The zero-order valence-corrected chi connectivity index (χ0v) is 12.9. The Morgan fingerprint density at radius 2 is 2.00 bits per heavy atom. The van der Waals surface area contributed by atoms with Gasteiger partial charge in [-0.2, -0.15) is 11.8 Å². The van der Waals surface area contributed by atoms with Gasteiger partial charge in [0.05, 0.1) is 15.3 Å². The molecule has 3 nitrogen and oxygen atoms in total. The van der Waals surface area contributed by atoms with E-state index in [0.717, 1.165) is 0 Å². The lowest BCUT2D eigenvalue weighted by Crippen LogP contribution is -2.50. The van der Waals surface area contributed by atoms with E-state index in [0.29, 0.717) is 30.9 Å². The Hall–Kier alpha value is -1.14. The molecule has 1 amide bonds. The lowest BCUT2D eigenvalue weighted by atomic mass is 9.95. The fraction of sp³-hybridized carbons (Fsp3) is 0.429. The van der Waals surface area contributed by atoms with Crippen LogP contribution in [0.2, 0.25) is 0 Å². The number of thioether (sulfide) groups is 1. The first-order valence-corrected chi connectivity index (χ1v) is 8.02. The molecular formula is C14H17FN2OS2. The van der Waals surface area contributed by atoms with Gasteiger partial charge in [-0.3, -0.25) is 4.79 Å². The van der Waals surface area contributed by atoms with Gasteiger partial charge < -0.3 is 10.6 Å². The summed E-state index contributed by atoms with van der Waals surface area (Å²) < 4.78 is 13.4. The van der Waals surface area contributed by atoms with Gasteiger partial charge in [0.25, 0.3) is 5.91 Å². The second kappa shape index (κ2) is 6.10. The van der Waals surface area contributed by atoms with Gasteiger partial charge in [0.15, 0.2) is 0 Å². The van der Waals surface area contributed by atoms with Crippen molar-refractivity contribution in [2.75, 3.05) is 19.3 Å². The molecule has 1 fully saturated rings. The van der Waals surface area contributed by atoms with E-state index < -0.39 is 5.82 Å². The van der Waals surface area contributed by atoms with Crippen molar-refractivity contribution < 1.29 is 9.18 Å². The molecule has 0 unspecified atom stereocenters. The third-order valence-electron chi connectivity index (χ3n) is 3.80. The van der Waals surface area contributed by atoms with Crippen molar-refractivity contribution in [3.8, 4) is 0 Å². The Balaban J connectivity index is 2.10. The van der Waals surface area contributed by atoms with E-state index in [2.05, 4.69) is 0 Å². The molecule has 108 valence electrons. The maximum Gasteiger partial charge on any atom is 0.256 e. The Morgan fingerprint density at radius 3 is 2.50 bits per heavy atom. The Bertz CT molecular complexity index is 528. The molecule has 0 spiro atoms. The van der Waals surface area contributed by atoms with Gasteiger partial charge in [-0.1, -0.05) is 24.4 Å². The number of likely N-dealkylation sites (tertiary alicyclic amines) is 1. The predicted octanol–water partition coefficient (Wildman–Crippen LogP) is 2.45. The third-order valence-corrected chi connectivity index (χ3v) is 5.73. The van der Waals surface area contributed by atoms with Gasteiger partial charge in [-0.15, -0.1) is 0 Å². The number of halogens is 1. The normalized spacial score (nSPS) is 17.8. The number of thiocarbonyl (C=S) groups is 1. The van der Waals surface area contributed by atoms with Crippen molar-refractivity contribution in [2.45, 2.75) is 17.6 Å². The first-order valence-electron chi connectivity index (χ1n) is 6.39. The summed E-state index contributed by atoms with van der Waals surface area (Å²) in [5, 5.41) is 0. The van der Waals surface area contributed by atoms with E-state index >= 15 is 0 Å². The van der Waals surface area contributed by atoms with Gasteiger partial charge in [-0.05, 0) is 31.2 Å². The zero-order valence-electron chi connectivity index (χ0n) is 11.3. The molecule has 1 heterocycles. The molecule has 0 atom stereocenters. The van der Waals surface area contributed by atoms with E-state index in [1.54, 1.807) is 28.8 Å². The molecule has 1 aromatic carbocycles. The number of nitrogens with zero attached hydrogens (tertiary/aromatic N) is 1. The molecule has 0 aliphatic carbocycles. The molecule has 2 N–H and O–H groups in total. The number of amides is 1. The van der Waals surface area contributed by atoms with Gasteiger partial charge in [0.2, 0.25) is 0 Å². The van der Waals surface area contributed by atoms with Crippen LogP contribution in [0.4, 0.5) is 4.39 Å². The quantitative estimate of drug-likeness (QED) is 0.871. The summed E-state index contributed by atoms with van der Waals surface area (Å²) in [4.78, 5) is 14.5. The molecule has 1 saturated heterocycles. The average molecular weight is 312 g/mol. The third kappa shape index (κ3) is 2.81. The average Bonchev–Trinajstić information content (AvgIpc) is 2.47. The number of carbonyl (C=O) groups excluding carboxylic acids is 1. The minimum atomic E-state index is -0.478. The Morgan fingerprint density at radius 1 is 1.40 bits per heavy atom. The van der Waals surface area contributed by atoms with Gasteiger partial charge in [0.1, 0.15) is 5.82 Å². The lowest BCUT2D eigenvalue weighted by molar-refractivity contribution is 0.0714. The summed E-state index contributed by atoms with van der Waals surface area (Å²) in [6.45, 7) is 1.09. The van der Waals surface area contributed by atoms with Crippen molar-refractivity contribution in [3.05, 3.63) is 35.6 Å². The molecule has 0 radical (unpaired) electrons. The number of hydrogen-bond acceptors (Lipinski definition) is 3. The SMILES string of the molecule is CSC1(C(N)=S)CCN(C(=O)c2ccccc2F)CC1. The van der Waals surface area contributed by atoms with E-state index in [1.165, 1.54) is 12.1 Å². The van der Waals surface area contributed by atoms with E-state index in [-0.39, 0.29) is 16.2 Å². The van der Waals surface area contributed by atoms with Crippen LogP contribution in [-0.2, 0) is 0 Å². The van der Waals surface area contributed by atoms with Crippen molar-refractivity contribution >= 4 is 34.9 Å². The van der Waals surface area contributed by atoms with Crippen LogP contribution >= 0.6 is 24.0 Å². The standard InChI is InChI=1S/C14H17FN2OS2/c1-20-14(13(16)19)6-8-17(9-7-14)12(18)10-4-2-3-5-11(10)15/h2-5H,6-9H2,1H3,(H2,16,19). The maximum atomic E-state index is 13.6. The van der Waals surface area contributed by atoms with Crippen molar-refractivity contribution in [1.82, 2.24) is 4.90 Å². The first-order chi connectivity index (χ1) is 9.50. The highest BCUT2D eigenvalue weighted by molar-refractivity contribution is 8.02. The minimum absolute atomic E-state index is 0.125. The Labute approximate surface area is 127 Å². The number of benzene rings is 1. The summed E-state index contributed by atoms with van der Waals surface area (Å²) in [5.74, 6) is -0.741. The number of piperidine rings is 1. The second-order valence-electron chi connectivity index (χ2n) is 4.83. The molecule has 1 aliphatic rings. The smallest absolute Gasteiger partial charge is 0.256 e. The molecule has 20 heavy (non-hydrogen) atoms. The minimum Gasteiger partial charge on any atom is -0.392 e. The summed E-state index contributed by atoms with van der Waals surface area (Å²) in [7, 11) is 0. The van der Waals surface area contributed by atoms with Gasteiger partial charge >= 0.3 is 0 Å². The van der Waals surface area contributed by atoms with Crippen LogP contribution < -0.4 is 5.73 Å². The highest BCUT2D eigenvalue weighted by Gasteiger charge is 2.38. The van der Waals surface area contributed by atoms with Crippen LogP contribution in [0, 0.1) is 5.82 Å².